The lowest BCUT2D eigenvalue weighted by Gasteiger charge is -2.25. The highest BCUT2D eigenvalue weighted by Gasteiger charge is 2.22. The van der Waals surface area contributed by atoms with Crippen LogP contribution in [0.4, 0.5) is 0 Å². The average molecular weight is 212 g/mol. The number of hydrogen-bond donors (Lipinski definition) is 1. The molecule has 2 rings (SSSR count). The number of pyridine rings is 1. The fourth-order valence-corrected chi connectivity index (χ4v) is 1.76. The first-order chi connectivity index (χ1) is 7.60. The summed E-state index contributed by atoms with van der Waals surface area (Å²) in [6.07, 6.45) is 3.54. The highest BCUT2D eigenvalue weighted by molar-refractivity contribution is 5.36. The summed E-state index contributed by atoms with van der Waals surface area (Å²) < 4.78 is 0. The molecule has 2 heteroatoms. The minimum absolute atomic E-state index is 0.462. The molecule has 1 aromatic heterocycles. The molecule has 0 fully saturated rings. The van der Waals surface area contributed by atoms with Crippen LogP contribution in [0, 0.1) is 6.92 Å². The zero-order valence-electron chi connectivity index (χ0n) is 9.64. The van der Waals surface area contributed by atoms with Crippen molar-refractivity contribution in [3.05, 3.63) is 65.5 Å². The Morgan fingerprint density at radius 2 is 1.44 bits per heavy atom. The third kappa shape index (κ3) is 1.97. The summed E-state index contributed by atoms with van der Waals surface area (Å²) in [6, 6.07) is 12.2. The first kappa shape index (κ1) is 10.8. The van der Waals surface area contributed by atoms with Crippen molar-refractivity contribution in [3.8, 4) is 0 Å². The number of aryl methyl sites for hydroxylation is 1. The van der Waals surface area contributed by atoms with Gasteiger partial charge in [0.1, 0.15) is 0 Å². The van der Waals surface area contributed by atoms with Gasteiger partial charge in [0.05, 0.1) is 5.54 Å². The molecule has 2 aromatic rings. The van der Waals surface area contributed by atoms with Crippen LogP contribution in [0.5, 0.6) is 0 Å². The van der Waals surface area contributed by atoms with Gasteiger partial charge < -0.3 is 5.73 Å². The molecule has 0 bridgehead atoms. The SMILES string of the molecule is Cc1ccc(C(C)(N)c2ccncc2)cc1. The van der Waals surface area contributed by atoms with Gasteiger partial charge in [0, 0.05) is 12.4 Å². The molecule has 1 atom stereocenters. The second-order valence-electron chi connectivity index (χ2n) is 4.30. The highest BCUT2D eigenvalue weighted by Crippen LogP contribution is 2.25. The van der Waals surface area contributed by atoms with E-state index in [1.807, 2.05) is 19.1 Å². The molecule has 0 amide bonds. The van der Waals surface area contributed by atoms with Gasteiger partial charge in [0.2, 0.25) is 0 Å². The van der Waals surface area contributed by atoms with E-state index < -0.39 is 5.54 Å². The second-order valence-corrected chi connectivity index (χ2v) is 4.30. The van der Waals surface area contributed by atoms with Gasteiger partial charge in [-0.15, -0.1) is 0 Å². The van der Waals surface area contributed by atoms with Crippen LogP contribution in [0.1, 0.15) is 23.6 Å². The Morgan fingerprint density at radius 1 is 0.938 bits per heavy atom. The molecule has 2 nitrogen and oxygen atoms in total. The lowest BCUT2D eigenvalue weighted by molar-refractivity contribution is 0.602. The average Bonchev–Trinajstić information content (AvgIpc) is 2.31. The van der Waals surface area contributed by atoms with Gasteiger partial charge in [-0.2, -0.15) is 0 Å². The molecule has 0 radical (unpaired) electrons. The number of benzene rings is 1. The molecule has 82 valence electrons. The molecule has 16 heavy (non-hydrogen) atoms. The Kier molecular flexibility index (Phi) is 2.75. The van der Waals surface area contributed by atoms with E-state index in [2.05, 4.69) is 36.2 Å². The quantitative estimate of drug-likeness (QED) is 0.831. The van der Waals surface area contributed by atoms with E-state index in [1.54, 1.807) is 12.4 Å². The van der Waals surface area contributed by atoms with Crippen LogP contribution in [0.15, 0.2) is 48.8 Å². The number of nitrogens with zero attached hydrogens (tertiary/aromatic N) is 1. The Labute approximate surface area is 96.1 Å². The van der Waals surface area contributed by atoms with Crippen LogP contribution in [-0.2, 0) is 5.54 Å². The third-order valence-corrected chi connectivity index (χ3v) is 2.93. The van der Waals surface area contributed by atoms with Gasteiger partial charge in [-0.1, -0.05) is 29.8 Å². The van der Waals surface area contributed by atoms with Gasteiger partial charge in [0.25, 0.3) is 0 Å². The van der Waals surface area contributed by atoms with E-state index in [1.165, 1.54) is 5.56 Å². The van der Waals surface area contributed by atoms with Gasteiger partial charge >= 0.3 is 0 Å². The van der Waals surface area contributed by atoms with Crippen LogP contribution in [0.25, 0.3) is 0 Å². The summed E-state index contributed by atoms with van der Waals surface area (Å²) >= 11 is 0. The standard InChI is InChI=1S/C14H16N2/c1-11-3-5-12(6-4-11)14(2,15)13-7-9-16-10-8-13/h3-10H,15H2,1-2H3. The minimum atomic E-state index is -0.462. The summed E-state index contributed by atoms with van der Waals surface area (Å²) in [7, 11) is 0. The fourth-order valence-electron chi connectivity index (χ4n) is 1.76. The van der Waals surface area contributed by atoms with Gasteiger partial charge in [0.15, 0.2) is 0 Å². The van der Waals surface area contributed by atoms with E-state index in [-0.39, 0.29) is 0 Å². The first-order valence-electron chi connectivity index (χ1n) is 5.37. The van der Waals surface area contributed by atoms with Crippen molar-refractivity contribution in [2.75, 3.05) is 0 Å². The molecule has 0 aliphatic rings. The summed E-state index contributed by atoms with van der Waals surface area (Å²) in [5.41, 5.74) is 9.36. The van der Waals surface area contributed by atoms with E-state index in [4.69, 9.17) is 5.73 Å². The van der Waals surface area contributed by atoms with Crippen LogP contribution in [0.2, 0.25) is 0 Å². The molecule has 0 aliphatic heterocycles. The summed E-state index contributed by atoms with van der Waals surface area (Å²) in [4.78, 5) is 4.01. The molecule has 0 saturated heterocycles. The molecular weight excluding hydrogens is 196 g/mol. The molecule has 1 heterocycles. The predicted octanol–water partition coefficient (Wildman–Crippen LogP) is 2.61. The van der Waals surface area contributed by atoms with Crippen LogP contribution < -0.4 is 5.73 Å². The van der Waals surface area contributed by atoms with E-state index in [0.717, 1.165) is 11.1 Å². The third-order valence-electron chi connectivity index (χ3n) is 2.93. The molecule has 0 spiro atoms. The van der Waals surface area contributed by atoms with Crippen LogP contribution >= 0.6 is 0 Å². The number of rotatable bonds is 2. The Balaban J connectivity index is 2.43. The van der Waals surface area contributed by atoms with Gasteiger partial charge in [-0.3, -0.25) is 4.98 Å². The van der Waals surface area contributed by atoms with E-state index in [0.29, 0.717) is 0 Å². The first-order valence-corrected chi connectivity index (χ1v) is 5.37. The van der Waals surface area contributed by atoms with Crippen molar-refractivity contribution in [1.29, 1.82) is 0 Å². The van der Waals surface area contributed by atoms with Gasteiger partial charge in [-0.05, 0) is 37.1 Å². The highest BCUT2D eigenvalue weighted by atomic mass is 14.7. The zero-order valence-corrected chi connectivity index (χ0v) is 9.64. The lowest BCUT2D eigenvalue weighted by atomic mass is 9.86. The Morgan fingerprint density at radius 3 is 2.00 bits per heavy atom. The number of nitrogens with two attached hydrogens (primary N) is 1. The maximum Gasteiger partial charge on any atom is 0.0638 e. The zero-order chi connectivity index (χ0) is 11.6. The minimum Gasteiger partial charge on any atom is -0.318 e. The lowest BCUT2D eigenvalue weighted by Crippen LogP contribution is -2.34. The van der Waals surface area contributed by atoms with Crippen molar-refractivity contribution < 1.29 is 0 Å². The Hall–Kier alpha value is -1.67. The number of aromatic nitrogens is 1. The summed E-state index contributed by atoms with van der Waals surface area (Å²) in [5.74, 6) is 0. The molecule has 2 N–H and O–H groups in total. The molecule has 1 aromatic carbocycles. The second kappa shape index (κ2) is 4.06. The van der Waals surface area contributed by atoms with Crippen LogP contribution in [0.3, 0.4) is 0 Å². The molecule has 0 aliphatic carbocycles. The maximum absolute atomic E-state index is 6.38. The van der Waals surface area contributed by atoms with Crippen molar-refractivity contribution in [2.45, 2.75) is 19.4 Å². The molecule has 1 unspecified atom stereocenters. The van der Waals surface area contributed by atoms with Crippen molar-refractivity contribution >= 4 is 0 Å². The summed E-state index contributed by atoms with van der Waals surface area (Å²) in [5, 5.41) is 0. The summed E-state index contributed by atoms with van der Waals surface area (Å²) in [6.45, 7) is 4.09. The largest absolute Gasteiger partial charge is 0.318 e. The maximum atomic E-state index is 6.38. The number of hydrogen-bond acceptors (Lipinski definition) is 2. The topological polar surface area (TPSA) is 38.9 Å². The predicted molar refractivity (Wildman–Crippen MR) is 66.1 cm³/mol. The molecular formula is C14H16N2. The fraction of sp³-hybridized carbons (Fsp3) is 0.214. The van der Waals surface area contributed by atoms with E-state index >= 15 is 0 Å². The molecule has 0 saturated carbocycles. The van der Waals surface area contributed by atoms with Crippen molar-refractivity contribution in [3.63, 3.8) is 0 Å². The van der Waals surface area contributed by atoms with E-state index in [9.17, 15) is 0 Å². The Bertz CT molecular complexity index is 458. The smallest absolute Gasteiger partial charge is 0.0638 e. The normalized spacial score (nSPS) is 14.4. The monoisotopic (exact) mass is 212 g/mol. The van der Waals surface area contributed by atoms with Crippen LogP contribution in [-0.4, -0.2) is 4.98 Å². The van der Waals surface area contributed by atoms with Crippen molar-refractivity contribution in [2.24, 2.45) is 5.73 Å². The van der Waals surface area contributed by atoms with Crippen molar-refractivity contribution in [1.82, 2.24) is 4.98 Å². The van der Waals surface area contributed by atoms with Gasteiger partial charge in [-0.25, -0.2) is 0 Å².